The lowest BCUT2D eigenvalue weighted by Gasteiger charge is -2.11. The third-order valence-corrected chi connectivity index (χ3v) is 1.44. The lowest BCUT2D eigenvalue weighted by molar-refractivity contribution is 0.0888. The Morgan fingerprint density at radius 1 is 1.18 bits per heavy atom. The molecule has 0 amide bonds. The molecule has 4 nitrogen and oxygen atoms in total. The lowest BCUT2D eigenvalue weighted by atomic mass is 10.3. The highest BCUT2D eigenvalue weighted by molar-refractivity contribution is 4.61. The van der Waals surface area contributed by atoms with Crippen LogP contribution in [0.3, 0.4) is 0 Å². The number of hydrogen-bond donors (Lipinski definition) is 4. The van der Waals surface area contributed by atoms with Crippen molar-refractivity contribution in [2.75, 3.05) is 19.7 Å². The predicted octanol–water partition coefficient (Wildman–Crippen LogP) is -1.30. The van der Waals surface area contributed by atoms with Crippen molar-refractivity contribution in [3.63, 3.8) is 0 Å². The summed E-state index contributed by atoms with van der Waals surface area (Å²) in [5, 5.41) is 29.1. The van der Waals surface area contributed by atoms with Gasteiger partial charge in [0, 0.05) is 13.1 Å². The maximum Gasteiger partial charge on any atom is 0.0894 e. The molecule has 0 saturated carbocycles. The molecule has 0 spiro atoms. The van der Waals surface area contributed by atoms with Gasteiger partial charge in [0.1, 0.15) is 0 Å². The summed E-state index contributed by atoms with van der Waals surface area (Å²) < 4.78 is 0. The van der Waals surface area contributed by atoms with Crippen LogP contribution in [-0.2, 0) is 0 Å². The molecule has 68 valence electrons. The Morgan fingerprint density at radius 3 is 2.18 bits per heavy atom. The maximum absolute atomic E-state index is 9.04. The van der Waals surface area contributed by atoms with Gasteiger partial charge in [-0.15, -0.1) is 0 Å². The second-order valence-electron chi connectivity index (χ2n) is 2.56. The van der Waals surface area contributed by atoms with E-state index in [1.54, 1.807) is 0 Å². The average molecular weight is 163 g/mol. The number of hydrogen-bond acceptors (Lipinski definition) is 4. The van der Waals surface area contributed by atoms with Crippen molar-refractivity contribution in [1.82, 2.24) is 5.32 Å². The Bertz CT molecular complexity index is 79.8. The first-order valence-electron chi connectivity index (χ1n) is 3.88. The molecular weight excluding hydrogens is 146 g/mol. The lowest BCUT2D eigenvalue weighted by Crippen LogP contribution is -2.34. The topological polar surface area (TPSA) is 72.7 Å². The molecule has 2 unspecified atom stereocenters. The fourth-order valence-electron chi connectivity index (χ4n) is 0.625. The van der Waals surface area contributed by atoms with Gasteiger partial charge in [0.25, 0.3) is 0 Å². The van der Waals surface area contributed by atoms with Crippen LogP contribution in [0.15, 0.2) is 0 Å². The number of aliphatic hydroxyl groups is 3. The van der Waals surface area contributed by atoms with E-state index in [9.17, 15) is 0 Å². The van der Waals surface area contributed by atoms with E-state index in [2.05, 4.69) is 5.32 Å². The Kier molecular flexibility index (Phi) is 6.45. The van der Waals surface area contributed by atoms with Crippen LogP contribution >= 0.6 is 0 Å². The number of nitrogens with one attached hydrogen (secondary N) is 1. The highest BCUT2D eigenvalue weighted by Gasteiger charge is 2.02. The Labute approximate surface area is 66.9 Å². The molecule has 11 heavy (non-hydrogen) atoms. The maximum atomic E-state index is 9.04. The van der Waals surface area contributed by atoms with Gasteiger partial charge >= 0.3 is 0 Å². The van der Waals surface area contributed by atoms with E-state index in [0.717, 1.165) is 0 Å². The van der Waals surface area contributed by atoms with Crippen LogP contribution in [0.1, 0.15) is 13.3 Å². The minimum atomic E-state index is -0.723. The zero-order valence-electron chi connectivity index (χ0n) is 6.82. The molecule has 0 aromatic carbocycles. The molecule has 2 atom stereocenters. The van der Waals surface area contributed by atoms with E-state index in [1.807, 2.05) is 6.92 Å². The highest BCUT2D eigenvalue weighted by Crippen LogP contribution is 1.86. The van der Waals surface area contributed by atoms with Gasteiger partial charge in [-0.2, -0.15) is 0 Å². The summed E-state index contributed by atoms with van der Waals surface area (Å²) in [5.41, 5.74) is 0. The van der Waals surface area contributed by atoms with E-state index < -0.39 is 6.10 Å². The van der Waals surface area contributed by atoms with E-state index in [4.69, 9.17) is 15.3 Å². The van der Waals surface area contributed by atoms with Crippen LogP contribution in [0.25, 0.3) is 0 Å². The number of rotatable bonds is 6. The third kappa shape index (κ3) is 6.25. The average Bonchev–Trinajstić information content (AvgIpc) is 2.04. The van der Waals surface area contributed by atoms with Crippen LogP contribution in [-0.4, -0.2) is 47.2 Å². The van der Waals surface area contributed by atoms with Crippen LogP contribution in [0.5, 0.6) is 0 Å². The molecule has 0 aromatic rings. The predicted molar refractivity (Wildman–Crippen MR) is 42.3 cm³/mol. The summed E-state index contributed by atoms with van der Waals surface area (Å²) in [4.78, 5) is 0. The summed E-state index contributed by atoms with van der Waals surface area (Å²) >= 11 is 0. The zero-order valence-corrected chi connectivity index (χ0v) is 6.82. The first-order chi connectivity index (χ1) is 5.20. The van der Waals surface area contributed by atoms with Gasteiger partial charge in [0.2, 0.25) is 0 Å². The minimum absolute atomic E-state index is 0.241. The normalized spacial score (nSPS) is 16.4. The fourth-order valence-corrected chi connectivity index (χ4v) is 0.625. The molecule has 0 radical (unpaired) electrons. The quantitative estimate of drug-likeness (QED) is 0.393. The van der Waals surface area contributed by atoms with E-state index in [0.29, 0.717) is 19.5 Å². The van der Waals surface area contributed by atoms with E-state index in [-0.39, 0.29) is 12.7 Å². The highest BCUT2D eigenvalue weighted by atomic mass is 16.3. The van der Waals surface area contributed by atoms with Crippen LogP contribution in [0.4, 0.5) is 0 Å². The van der Waals surface area contributed by atoms with E-state index in [1.165, 1.54) is 0 Å². The first-order valence-corrected chi connectivity index (χ1v) is 3.88. The second-order valence-corrected chi connectivity index (χ2v) is 2.56. The van der Waals surface area contributed by atoms with Crippen molar-refractivity contribution >= 4 is 0 Å². The summed E-state index contributed by atoms with van der Waals surface area (Å²) in [6.45, 7) is 2.44. The van der Waals surface area contributed by atoms with Gasteiger partial charge in [0.15, 0.2) is 0 Å². The van der Waals surface area contributed by atoms with Crippen LogP contribution in [0.2, 0.25) is 0 Å². The van der Waals surface area contributed by atoms with Crippen molar-refractivity contribution in [3.05, 3.63) is 0 Å². The largest absolute Gasteiger partial charge is 0.394 e. The van der Waals surface area contributed by atoms with E-state index >= 15 is 0 Å². The van der Waals surface area contributed by atoms with Crippen molar-refractivity contribution in [1.29, 1.82) is 0 Å². The van der Waals surface area contributed by atoms with Crippen LogP contribution in [0, 0.1) is 0 Å². The van der Waals surface area contributed by atoms with Gasteiger partial charge < -0.3 is 20.6 Å². The molecule has 0 bridgehead atoms. The number of aliphatic hydroxyl groups excluding tert-OH is 3. The Morgan fingerprint density at radius 2 is 1.73 bits per heavy atom. The molecule has 0 rings (SSSR count). The molecule has 0 fully saturated rings. The van der Waals surface area contributed by atoms with Crippen molar-refractivity contribution in [2.45, 2.75) is 25.6 Å². The monoisotopic (exact) mass is 163 g/mol. The first kappa shape index (κ1) is 10.8. The van der Waals surface area contributed by atoms with Crippen molar-refractivity contribution in [2.24, 2.45) is 0 Å². The molecule has 4 heteroatoms. The molecule has 4 N–H and O–H groups in total. The van der Waals surface area contributed by atoms with Crippen molar-refractivity contribution < 1.29 is 15.3 Å². The summed E-state index contributed by atoms with van der Waals surface area (Å²) in [6.07, 6.45) is -0.387. The molecule has 0 aliphatic carbocycles. The molecule has 0 aliphatic rings. The SMILES string of the molecule is CCC(O)CNCC(O)CO. The summed E-state index contributed by atoms with van der Waals surface area (Å²) in [7, 11) is 0. The standard InChI is InChI=1S/C7H17NO3/c1-2-6(10)3-8-4-7(11)5-9/h6-11H,2-5H2,1H3. The molecule has 0 aliphatic heterocycles. The Hall–Kier alpha value is -0.160. The van der Waals surface area contributed by atoms with Crippen LogP contribution < -0.4 is 5.32 Å². The molecule has 0 heterocycles. The minimum Gasteiger partial charge on any atom is -0.394 e. The van der Waals surface area contributed by atoms with Gasteiger partial charge in [-0.1, -0.05) is 6.92 Å². The van der Waals surface area contributed by atoms with Gasteiger partial charge in [-0.3, -0.25) is 0 Å². The smallest absolute Gasteiger partial charge is 0.0894 e. The fraction of sp³-hybridized carbons (Fsp3) is 1.00. The summed E-state index contributed by atoms with van der Waals surface area (Å²) in [6, 6.07) is 0. The molecular formula is C7H17NO3. The van der Waals surface area contributed by atoms with Gasteiger partial charge in [0.05, 0.1) is 18.8 Å². The zero-order chi connectivity index (χ0) is 8.69. The third-order valence-electron chi connectivity index (χ3n) is 1.44. The molecule has 0 saturated heterocycles. The van der Waals surface area contributed by atoms with Gasteiger partial charge in [-0.25, -0.2) is 0 Å². The Balaban J connectivity index is 3.13. The van der Waals surface area contributed by atoms with Gasteiger partial charge in [-0.05, 0) is 6.42 Å². The second kappa shape index (κ2) is 6.54. The van der Waals surface area contributed by atoms with Crippen molar-refractivity contribution in [3.8, 4) is 0 Å². The molecule has 0 aromatic heterocycles. The summed E-state index contributed by atoms with van der Waals surface area (Å²) in [5.74, 6) is 0.